The van der Waals surface area contributed by atoms with Crippen molar-refractivity contribution in [2.45, 2.75) is 0 Å². The zero-order valence-electron chi connectivity index (χ0n) is 6.58. The first-order valence-corrected chi connectivity index (χ1v) is 5.31. The van der Waals surface area contributed by atoms with Crippen LogP contribution in [0, 0.1) is 0 Å². The van der Waals surface area contributed by atoms with Crippen LogP contribution in [0.4, 0.5) is 5.69 Å². The quantitative estimate of drug-likeness (QED) is 0.629. The number of carbonyl (C=O) groups is 1. The molecule has 4 heteroatoms. The van der Waals surface area contributed by atoms with E-state index < -0.39 is 0 Å². The molecule has 1 heterocycles. The summed E-state index contributed by atoms with van der Waals surface area (Å²) in [6.07, 6.45) is 0.850. The van der Waals surface area contributed by atoms with Gasteiger partial charge in [-0.1, -0.05) is 0 Å². The number of hydrogen-bond acceptors (Lipinski definition) is 3. The molecule has 2 N–H and O–H groups in total. The lowest BCUT2D eigenvalue weighted by molar-refractivity contribution is 0.112. The number of thiophene rings is 1. The van der Waals surface area contributed by atoms with Crippen LogP contribution in [0.15, 0.2) is 22.0 Å². The molecule has 1 aromatic carbocycles. The van der Waals surface area contributed by atoms with Gasteiger partial charge in [0.1, 0.15) is 0 Å². The van der Waals surface area contributed by atoms with Crippen LogP contribution in [0.25, 0.3) is 10.1 Å². The number of fused-ring (bicyclic) bond motifs is 1. The van der Waals surface area contributed by atoms with Crippen molar-refractivity contribution in [2.75, 3.05) is 5.73 Å². The van der Waals surface area contributed by atoms with Gasteiger partial charge in [-0.15, -0.1) is 11.3 Å². The minimum Gasteiger partial charge on any atom is -0.398 e. The Morgan fingerprint density at radius 2 is 2.31 bits per heavy atom. The van der Waals surface area contributed by atoms with Gasteiger partial charge in [0.05, 0.1) is 0 Å². The highest BCUT2D eigenvalue weighted by molar-refractivity contribution is 9.10. The van der Waals surface area contributed by atoms with Crippen molar-refractivity contribution in [1.29, 1.82) is 0 Å². The molecular formula is C9H6BrNOS. The minimum atomic E-state index is 0.680. The van der Waals surface area contributed by atoms with Crippen LogP contribution in [-0.2, 0) is 0 Å². The zero-order chi connectivity index (χ0) is 9.42. The predicted octanol–water partition coefficient (Wildman–Crippen LogP) is 3.06. The zero-order valence-corrected chi connectivity index (χ0v) is 8.98. The number of halogens is 1. The van der Waals surface area contributed by atoms with Gasteiger partial charge in [0.25, 0.3) is 0 Å². The third-order valence-corrected chi connectivity index (χ3v) is 3.48. The summed E-state index contributed by atoms with van der Waals surface area (Å²) in [7, 11) is 0. The predicted molar refractivity (Wildman–Crippen MR) is 59.3 cm³/mol. The van der Waals surface area contributed by atoms with Crippen LogP contribution in [0.3, 0.4) is 0 Å². The van der Waals surface area contributed by atoms with E-state index >= 15 is 0 Å². The first-order valence-electron chi connectivity index (χ1n) is 3.64. The molecule has 0 saturated heterocycles. The third-order valence-electron chi connectivity index (χ3n) is 1.88. The van der Waals surface area contributed by atoms with Gasteiger partial charge in [-0.3, -0.25) is 4.79 Å². The van der Waals surface area contributed by atoms with Crippen molar-refractivity contribution < 1.29 is 4.79 Å². The first-order chi connectivity index (χ1) is 6.24. The summed E-state index contributed by atoms with van der Waals surface area (Å²) in [6.45, 7) is 0. The molecule has 0 unspecified atom stereocenters. The van der Waals surface area contributed by atoms with Gasteiger partial charge in [-0.05, 0) is 33.4 Å². The average Bonchev–Trinajstić information content (AvgIpc) is 2.53. The maximum atomic E-state index is 10.8. The molecule has 0 saturated carbocycles. The van der Waals surface area contributed by atoms with Crippen LogP contribution < -0.4 is 5.73 Å². The molecular weight excluding hydrogens is 250 g/mol. The first kappa shape index (κ1) is 8.72. The Morgan fingerprint density at radius 3 is 3.00 bits per heavy atom. The lowest BCUT2D eigenvalue weighted by Gasteiger charge is -2.01. The Balaban J connectivity index is 2.96. The molecule has 1 aromatic heterocycles. The Kier molecular flexibility index (Phi) is 2.09. The number of carbonyl (C=O) groups excluding carboxylic acids is 1. The van der Waals surface area contributed by atoms with E-state index in [1.54, 1.807) is 6.07 Å². The second-order valence-corrected chi connectivity index (χ2v) is 4.41. The molecule has 0 amide bonds. The summed E-state index contributed by atoms with van der Waals surface area (Å²) in [4.78, 5) is 10.8. The molecule has 2 nitrogen and oxygen atoms in total. The SMILES string of the molecule is Nc1cc(Br)c(C=O)c2sccc12. The molecule has 0 bridgehead atoms. The van der Waals surface area contributed by atoms with Gasteiger partial charge >= 0.3 is 0 Å². The molecule has 0 aliphatic carbocycles. The summed E-state index contributed by atoms with van der Waals surface area (Å²) in [6, 6.07) is 3.69. The molecule has 0 spiro atoms. The van der Waals surface area contributed by atoms with E-state index in [0.29, 0.717) is 11.3 Å². The number of hydrogen-bond donors (Lipinski definition) is 1. The molecule has 13 heavy (non-hydrogen) atoms. The number of rotatable bonds is 1. The number of nitrogen functional groups attached to an aromatic ring is 1. The summed E-state index contributed by atoms with van der Waals surface area (Å²) in [5.74, 6) is 0. The Hall–Kier alpha value is -0.870. The van der Waals surface area contributed by atoms with Crippen molar-refractivity contribution in [3.8, 4) is 0 Å². The molecule has 0 aliphatic heterocycles. The standard InChI is InChI=1S/C9H6BrNOS/c10-7-3-8(11)5-1-2-13-9(5)6(7)4-12/h1-4H,11H2. The highest BCUT2D eigenvalue weighted by Crippen LogP contribution is 2.33. The number of benzene rings is 1. The molecule has 2 aromatic rings. The molecule has 2 rings (SSSR count). The van der Waals surface area contributed by atoms with E-state index in [-0.39, 0.29) is 0 Å². The van der Waals surface area contributed by atoms with Crippen molar-refractivity contribution in [1.82, 2.24) is 0 Å². The van der Waals surface area contributed by atoms with Crippen LogP contribution in [0.1, 0.15) is 10.4 Å². The van der Waals surface area contributed by atoms with Crippen molar-refractivity contribution in [3.05, 3.63) is 27.5 Å². The lowest BCUT2D eigenvalue weighted by atomic mass is 10.1. The topological polar surface area (TPSA) is 43.1 Å². The Labute approximate surface area is 87.5 Å². The van der Waals surface area contributed by atoms with E-state index in [1.807, 2.05) is 11.4 Å². The van der Waals surface area contributed by atoms with E-state index in [9.17, 15) is 4.79 Å². The fourth-order valence-electron chi connectivity index (χ4n) is 1.26. The average molecular weight is 256 g/mol. The largest absolute Gasteiger partial charge is 0.398 e. The second-order valence-electron chi connectivity index (χ2n) is 2.64. The second kappa shape index (κ2) is 3.12. The lowest BCUT2D eigenvalue weighted by Crippen LogP contribution is -1.89. The van der Waals surface area contributed by atoms with Gasteiger partial charge in [0, 0.05) is 25.8 Å². The van der Waals surface area contributed by atoms with Crippen LogP contribution in [0.2, 0.25) is 0 Å². The normalized spacial score (nSPS) is 10.5. The van der Waals surface area contributed by atoms with E-state index in [2.05, 4.69) is 15.9 Å². The number of aldehydes is 1. The fraction of sp³-hybridized carbons (Fsp3) is 0. The smallest absolute Gasteiger partial charge is 0.152 e. The summed E-state index contributed by atoms with van der Waals surface area (Å²) in [5.41, 5.74) is 7.17. The summed E-state index contributed by atoms with van der Waals surface area (Å²) < 4.78 is 1.71. The van der Waals surface area contributed by atoms with Gasteiger partial charge < -0.3 is 5.73 Å². The Bertz CT molecular complexity index is 478. The highest BCUT2D eigenvalue weighted by atomic mass is 79.9. The van der Waals surface area contributed by atoms with Gasteiger partial charge in [0.15, 0.2) is 6.29 Å². The van der Waals surface area contributed by atoms with Crippen LogP contribution in [0.5, 0.6) is 0 Å². The monoisotopic (exact) mass is 255 g/mol. The van der Waals surface area contributed by atoms with E-state index in [0.717, 1.165) is 20.8 Å². The van der Waals surface area contributed by atoms with Gasteiger partial charge in [0.2, 0.25) is 0 Å². The number of nitrogens with two attached hydrogens (primary N) is 1. The summed E-state index contributed by atoms with van der Waals surface area (Å²) >= 11 is 4.83. The molecule has 0 fully saturated rings. The maximum Gasteiger partial charge on any atom is 0.152 e. The van der Waals surface area contributed by atoms with Crippen molar-refractivity contribution in [3.63, 3.8) is 0 Å². The van der Waals surface area contributed by atoms with Gasteiger partial charge in [-0.2, -0.15) is 0 Å². The highest BCUT2D eigenvalue weighted by Gasteiger charge is 2.08. The third kappa shape index (κ3) is 1.26. The van der Waals surface area contributed by atoms with Crippen LogP contribution in [-0.4, -0.2) is 6.29 Å². The molecule has 0 aliphatic rings. The van der Waals surface area contributed by atoms with Crippen molar-refractivity contribution in [2.24, 2.45) is 0 Å². The molecule has 0 atom stereocenters. The van der Waals surface area contributed by atoms with Gasteiger partial charge in [-0.25, -0.2) is 0 Å². The molecule has 0 radical (unpaired) electrons. The van der Waals surface area contributed by atoms with Crippen molar-refractivity contribution >= 4 is 49.3 Å². The van der Waals surface area contributed by atoms with Crippen LogP contribution >= 0.6 is 27.3 Å². The number of anilines is 1. The summed E-state index contributed by atoms with van der Waals surface area (Å²) in [5, 5.41) is 2.88. The minimum absolute atomic E-state index is 0.680. The Morgan fingerprint density at radius 1 is 1.54 bits per heavy atom. The molecule has 66 valence electrons. The van der Waals surface area contributed by atoms with E-state index in [1.165, 1.54) is 11.3 Å². The van der Waals surface area contributed by atoms with E-state index in [4.69, 9.17) is 5.73 Å². The maximum absolute atomic E-state index is 10.8. The fourth-order valence-corrected chi connectivity index (χ4v) is 2.86.